The fourth-order valence-corrected chi connectivity index (χ4v) is 2.39. The van der Waals surface area contributed by atoms with Crippen LogP contribution in [0.4, 0.5) is 0 Å². The number of rotatable bonds is 7. The lowest BCUT2D eigenvalue weighted by Crippen LogP contribution is -2.36. The van der Waals surface area contributed by atoms with Gasteiger partial charge in [-0.1, -0.05) is 38.0 Å². The molecule has 2 aromatic rings. The van der Waals surface area contributed by atoms with Crippen LogP contribution in [0.15, 0.2) is 20.1 Å². The molecule has 0 aromatic carbocycles. The van der Waals surface area contributed by atoms with Crippen LogP contribution in [0.2, 0.25) is 0 Å². The lowest BCUT2D eigenvalue weighted by Gasteiger charge is -2.11. The van der Waals surface area contributed by atoms with Crippen molar-refractivity contribution < 1.29 is 9.05 Å². The first-order valence-corrected chi connectivity index (χ1v) is 8.45. The van der Waals surface area contributed by atoms with Gasteiger partial charge in [0.05, 0.1) is 17.9 Å². The van der Waals surface area contributed by atoms with Crippen LogP contribution in [-0.2, 0) is 25.9 Å². The second kappa shape index (κ2) is 10.4. The van der Waals surface area contributed by atoms with Gasteiger partial charge in [-0.3, -0.25) is 4.99 Å². The first-order chi connectivity index (χ1) is 11.6. The molecule has 2 rings (SSSR count). The highest BCUT2D eigenvalue weighted by atomic mass is 127. The average molecular weight is 461 g/mol. The van der Waals surface area contributed by atoms with E-state index in [1.165, 1.54) is 0 Å². The minimum atomic E-state index is 0. The number of aliphatic imine (C=N–C) groups is 1. The SMILES string of the molecule is CCc1noc(CC)c1CNC(=NC)NCc1cc(C(C)C)no1.I. The lowest BCUT2D eigenvalue weighted by atomic mass is 10.1. The van der Waals surface area contributed by atoms with Crippen molar-refractivity contribution in [3.63, 3.8) is 0 Å². The third-order valence-corrected chi connectivity index (χ3v) is 3.86. The molecule has 25 heavy (non-hydrogen) atoms. The zero-order valence-corrected chi connectivity index (χ0v) is 17.9. The highest BCUT2D eigenvalue weighted by Crippen LogP contribution is 2.16. The van der Waals surface area contributed by atoms with Gasteiger partial charge in [-0.15, -0.1) is 24.0 Å². The van der Waals surface area contributed by atoms with Gasteiger partial charge in [-0.25, -0.2) is 0 Å². The maximum absolute atomic E-state index is 5.38. The van der Waals surface area contributed by atoms with Crippen LogP contribution in [0.25, 0.3) is 0 Å². The van der Waals surface area contributed by atoms with E-state index in [-0.39, 0.29) is 24.0 Å². The standard InChI is InChI=1S/C17H27N5O2.HI/c1-6-14-13(16(7-2)24-21-14)10-20-17(18-5)19-9-12-8-15(11(3)4)22-23-12;/h8,11H,6-7,9-10H2,1-5H3,(H2,18,19,20);1H. The van der Waals surface area contributed by atoms with Crippen molar-refractivity contribution in [3.8, 4) is 0 Å². The average Bonchev–Trinajstić information content (AvgIpc) is 3.21. The summed E-state index contributed by atoms with van der Waals surface area (Å²) in [7, 11) is 1.74. The van der Waals surface area contributed by atoms with Gasteiger partial charge in [0, 0.05) is 31.6 Å². The van der Waals surface area contributed by atoms with Gasteiger partial charge in [0.15, 0.2) is 11.7 Å². The smallest absolute Gasteiger partial charge is 0.191 e. The largest absolute Gasteiger partial charge is 0.361 e. The Balaban J connectivity index is 0.00000312. The van der Waals surface area contributed by atoms with Gasteiger partial charge in [-0.05, 0) is 12.3 Å². The Morgan fingerprint density at radius 2 is 1.84 bits per heavy atom. The Bertz CT molecular complexity index is 657. The molecule has 0 bridgehead atoms. The molecule has 2 N–H and O–H groups in total. The number of nitrogens with zero attached hydrogens (tertiary/aromatic N) is 3. The van der Waals surface area contributed by atoms with Crippen LogP contribution in [0, 0.1) is 0 Å². The van der Waals surface area contributed by atoms with E-state index in [0.717, 1.165) is 41.3 Å². The van der Waals surface area contributed by atoms with Gasteiger partial charge in [0.2, 0.25) is 0 Å². The normalized spacial score (nSPS) is 11.5. The molecule has 0 spiro atoms. The Labute approximate surface area is 166 Å². The summed E-state index contributed by atoms with van der Waals surface area (Å²) in [6.45, 7) is 9.47. The first kappa shape index (κ1) is 21.5. The molecule has 0 amide bonds. The van der Waals surface area contributed by atoms with Crippen molar-refractivity contribution in [2.45, 2.75) is 59.5 Å². The number of aromatic nitrogens is 2. The van der Waals surface area contributed by atoms with Crippen LogP contribution in [-0.4, -0.2) is 23.3 Å². The number of hydrogen-bond acceptors (Lipinski definition) is 5. The fraction of sp³-hybridized carbons (Fsp3) is 0.588. The minimum Gasteiger partial charge on any atom is -0.361 e. The van der Waals surface area contributed by atoms with E-state index in [4.69, 9.17) is 9.05 Å². The molecular weight excluding hydrogens is 433 g/mol. The monoisotopic (exact) mass is 461 g/mol. The molecule has 0 unspecified atom stereocenters. The van der Waals surface area contributed by atoms with Crippen LogP contribution >= 0.6 is 24.0 Å². The molecule has 0 aliphatic carbocycles. The summed E-state index contributed by atoms with van der Waals surface area (Å²) >= 11 is 0. The predicted octanol–water partition coefficient (Wildman–Crippen LogP) is 3.39. The molecular formula is C17H28IN5O2. The van der Waals surface area contributed by atoms with Gasteiger partial charge < -0.3 is 19.7 Å². The maximum atomic E-state index is 5.38. The summed E-state index contributed by atoms with van der Waals surface area (Å²) in [6.07, 6.45) is 1.68. The summed E-state index contributed by atoms with van der Waals surface area (Å²) in [6, 6.07) is 1.97. The number of aryl methyl sites for hydroxylation is 2. The Morgan fingerprint density at radius 3 is 2.40 bits per heavy atom. The number of guanidine groups is 1. The van der Waals surface area contributed by atoms with E-state index < -0.39 is 0 Å². The Kier molecular flexibility index (Phi) is 8.95. The zero-order valence-electron chi connectivity index (χ0n) is 15.5. The van der Waals surface area contributed by atoms with E-state index in [9.17, 15) is 0 Å². The summed E-state index contributed by atoms with van der Waals surface area (Å²) in [5.41, 5.74) is 3.07. The maximum Gasteiger partial charge on any atom is 0.191 e. The van der Waals surface area contributed by atoms with Crippen LogP contribution in [0.1, 0.15) is 62.1 Å². The van der Waals surface area contributed by atoms with Crippen LogP contribution in [0.5, 0.6) is 0 Å². The predicted molar refractivity (Wildman–Crippen MR) is 108 cm³/mol. The van der Waals surface area contributed by atoms with Crippen LogP contribution in [0.3, 0.4) is 0 Å². The lowest BCUT2D eigenvalue weighted by molar-refractivity contribution is 0.372. The molecule has 140 valence electrons. The van der Waals surface area contributed by atoms with E-state index in [2.05, 4.69) is 53.6 Å². The number of halogens is 1. The summed E-state index contributed by atoms with van der Waals surface area (Å²) in [4.78, 5) is 4.24. The van der Waals surface area contributed by atoms with Gasteiger partial charge in [0.1, 0.15) is 5.76 Å². The molecule has 0 saturated heterocycles. The highest BCUT2D eigenvalue weighted by Gasteiger charge is 2.14. The van der Waals surface area contributed by atoms with E-state index in [1.807, 2.05) is 6.07 Å². The molecule has 0 radical (unpaired) electrons. The van der Waals surface area contributed by atoms with Gasteiger partial charge in [0.25, 0.3) is 0 Å². The molecule has 8 heteroatoms. The number of hydrogen-bond donors (Lipinski definition) is 2. The van der Waals surface area contributed by atoms with Crippen molar-refractivity contribution in [3.05, 3.63) is 34.5 Å². The highest BCUT2D eigenvalue weighted by molar-refractivity contribution is 14.0. The van der Waals surface area contributed by atoms with E-state index in [1.54, 1.807) is 7.05 Å². The summed E-state index contributed by atoms with van der Waals surface area (Å²) in [5.74, 6) is 2.76. The van der Waals surface area contributed by atoms with Crippen molar-refractivity contribution >= 4 is 29.9 Å². The molecule has 2 heterocycles. The quantitative estimate of drug-likeness (QED) is 0.374. The van der Waals surface area contributed by atoms with Gasteiger partial charge in [-0.2, -0.15) is 0 Å². The van der Waals surface area contributed by atoms with Crippen LogP contribution < -0.4 is 10.6 Å². The zero-order chi connectivity index (χ0) is 17.5. The van der Waals surface area contributed by atoms with Crippen molar-refractivity contribution in [1.82, 2.24) is 20.9 Å². The molecule has 0 aliphatic heterocycles. The minimum absolute atomic E-state index is 0. The van der Waals surface area contributed by atoms with Gasteiger partial charge >= 0.3 is 0 Å². The third-order valence-electron chi connectivity index (χ3n) is 3.86. The van der Waals surface area contributed by atoms with E-state index >= 15 is 0 Å². The second-order valence-corrected chi connectivity index (χ2v) is 5.89. The topological polar surface area (TPSA) is 88.5 Å². The van der Waals surface area contributed by atoms with Crippen molar-refractivity contribution in [1.29, 1.82) is 0 Å². The summed E-state index contributed by atoms with van der Waals surface area (Å²) < 4.78 is 10.7. The Morgan fingerprint density at radius 1 is 1.12 bits per heavy atom. The molecule has 0 aliphatic rings. The Hall–Kier alpha value is -1.58. The molecule has 7 nitrogen and oxygen atoms in total. The fourth-order valence-electron chi connectivity index (χ4n) is 2.39. The molecule has 2 aromatic heterocycles. The van der Waals surface area contributed by atoms with Crippen molar-refractivity contribution in [2.24, 2.45) is 4.99 Å². The molecule has 0 saturated carbocycles. The third kappa shape index (κ3) is 5.72. The molecule has 0 atom stereocenters. The van der Waals surface area contributed by atoms with E-state index in [0.29, 0.717) is 25.0 Å². The first-order valence-electron chi connectivity index (χ1n) is 8.45. The molecule has 0 fully saturated rings. The number of nitrogens with one attached hydrogen (secondary N) is 2. The summed E-state index contributed by atoms with van der Waals surface area (Å²) in [5, 5.41) is 14.7. The van der Waals surface area contributed by atoms with Crippen molar-refractivity contribution in [2.75, 3.05) is 7.05 Å². The second-order valence-electron chi connectivity index (χ2n) is 5.89.